The largest absolute Gasteiger partial charge is 0.396 e. The van der Waals surface area contributed by atoms with Crippen LogP contribution in [0, 0.1) is 16.7 Å². The molecule has 2 rings (SSSR count). The summed E-state index contributed by atoms with van der Waals surface area (Å²) in [5.41, 5.74) is 0.810. The third-order valence-electron chi connectivity index (χ3n) is 4.48. The number of anilines is 1. The second-order valence-corrected chi connectivity index (χ2v) is 6.92. The van der Waals surface area contributed by atoms with E-state index in [1.54, 1.807) is 18.2 Å². The first kappa shape index (κ1) is 17.7. The predicted molar refractivity (Wildman–Crippen MR) is 90.3 cm³/mol. The first-order valence-corrected chi connectivity index (χ1v) is 8.12. The van der Waals surface area contributed by atoms with Gasteiger partial charge >= 0.3 is 0 Å². The molecule has 1 aliphatic heterocycles. The van der Waals surface area contributed by atoms with Crippen LogP contribution in [0.4, 0.5) is 5.69 Å². The number of aliphatic hydroxyl groups excluding tert-OH is 1. The highest BCUT2D eigenvalue weighted by molar-refractivity contribution is 6.32. The van der Waals surface area contributed by atoms with Crippen LogP contribution in [0.2, 0.25) is 5.02 Å². The molecule has 124 valence electrons. The number of hydrogen-bond donors (Lipinski definition) is 2. The Hall–Kier alpha value is -1.61. The second kappa shape index (κ2) is 7.31. The topological polar surface area (TPSA) is 76.4 Å². The molecule has 0 bridgehead atoms. The maximum atomic E-state index is 12.5. The lowest BCUT2D eigenvalue weighted by molar-refractivity contribution is -0.122. The van der Waals surface area contributed by atoms with E-state index in [2.05, 4.69) is 10.2 Å². The minimum Gasteiger partial charge on any atom is -0.396 e. The molecule has 1 heterocycles. The van der Waals surface area contributed by atoms with Crippen LogP contribution >= 0.6 is 11.6 Å². The van der Waals surface area contributed by atoms with Crippen molar-refractivity contribution in [2.24, 2.45) is 5.41 Å². The lowest BCUT2D eigenvalue weighted by Gasteiger charge is -2.41. The molecule has 23 heavy (non-hydrogen) atoms. The van der Waals surface area contributed by atoms with E-state index in [0.29, 0.717) is 22.8 Å². The number of nitriles is 1. The number of nitrogens with zero attached hydrogens (tertiary/aromatic N) is 2. The van der Waals surface area contributed by atoms with Gasteiger partial charge in [-0.15, -0.1) is 0 Å². The molecule has 2 N–H and O–H groups in total. The Morgan fingerprint density at radius 2 is 2.35 bits per heavy atom. The van der Waals surface area contributed by atoms with Gasteiger partial charge in [0.05, 0.1) is 16.6 Å². The van der Waals surface area contributed by atoms with Crippen LogP contribution in [0.3, 0.4) is 0 Å². The normalized spacial score (nSPS) is 23.1. The predicted octanol–water partition coefficient (Wildman–Crippen LogP) is 2.63. The molecule has 5 nitrogen and oxygen atoms in total. The van der Waals surface area contributed by atoms with Gasteiger partial charge in [0.1, 0.15) is 6.07 Å². The molecule has 1 aromatic carbocycles. The summed E-state index contributed by atoms with van der Waals surface area (Å²) in [5.74, 6) is -0.118. The van der Waals surface area contributed by atoms with Crippen LogP contribution in [-0.4, -0.2) is 41.7 Å². The number of amides is 1. The molecule has 1 fully saturated rings. The number of benzene rings is 1. The number of aliphatic hydroxyl groups is 1. The molecule has 1 amide bonds. The zero-order valence-corrected chi connectivity index (χ0v) is 14.2. The van der Waals surface area contributed by atoms with Crippen molar-refractivity contribution in [3.8, 4) is 6.07 Å². The smallest absolute Gasteiger partial charge is 0.241 e. The van der Waals surface area contributed by atoms with E-state index >= 15 is 0 Å². The third kappa shape index (κ3) is 4.23. The highest BCUT2D eigenvalue weighted by Crippen LogP contribution is 2.30. The lowest BCUT2D eigenvalue weighted by atomic mass is 9.82. The summed E-state index contributed by atoms with van der Waals surface area (Å²) in [6.07, 6.45) is 1.94. The van der Waals surface area contributed by atoms with Gasteiger partial charge in [0, 0.05) is 24.3 Å². The molecule has 6 heteroatoms. The summed E-state index contributed by atoms with van der Waals surface area (Å²) in [6.45, 7) is 5.58. The van der Waals surface area contributed by atoms with E-state index in [-0.39, 0.29) is 24.0 Å². The van der Waals surface area contributed by atoms with Gasteiger partial charge in [0.15, 0.2) is 0 Å². The number of halogens is 1. The van der Waals surface area contributed by atoms with Gasteiger partial charge in [-0.1, -0.05) is 18.5 Å². The molecular formula is C17H22ClN3O2. The molecule has 0 saturated carbocycles. The van der Waals surface area contributed by atoms with Crippen molar-refractivity contribution in [3.63, 3.8) is 0 Å². The summed E-state index contributed by atoms with van der Waals surface area (Å²) < 4.78 is 0. The molecule has 0 spiro atoms. The van der Waals surface area contributed by atoms with Crippen molar-refractivity contribution < 1.29 is 9.90 Å². The number of carbonyl (C=O) groups is 1. The van der Waals surface area contributed by atoms with Crippen molar-refractivity contribution in [2.75, 3.05) is 25.0 Å². The molecule has 1 saturated heterocycles. The minimum atomic E-state index is -0.296. The van der Waals surface area contributed by atoms with Crippen LogP contribution in [0.25, 0.3) is 0 Å². The monoisotopic (exact) mass is 335 g/mol. The van der Waals surface area contributed by atoms with Crippen molar-refractivity contribution in [2.45, 2.75) is 32.7 Å². The van der Waals surface area contributed by atoms with Crippen molar-refractivity contribution in [1.82, 2.24) is 4.90 Å². The average Bonchev–Trinajstić information content (AvgIpc) is 2.54. The fourth-order valence-corrected chi connectivity index (χ4v) is 3.14. The van der Waals surface area contributed by atoms with Crippen LogP contribution in [0.5, 0.6) is 0 Å². The SMILES string of the molecule is CC(C(=O)Nc1ccc(C#N)c(Cl)c1)N1CCCC(C)(CO)C1. The Labute approximate surface area is 141 Å². The number of likely N-dealkylation sites (tertiary alicyclic amines) is 1. The summed E-state index contributed by atoms with van der Waals surface area (Å²) in [6, 6.07) is 6.53. The van der Waals surface area contributed by atoms with E-state index in [9.17, 15) is 9.90 Å². The zero-order valence-electron chi connectivity index (χ0n) is 13.5. The van der Waals surface area contributed by atoms with Gasteiger partial charge in [-0.25, -0.2) is 0 Å². The molecule has 2 atom stereocenters. The molecule has 0 aromatic heterocycles. The average molecular weight is 336 g/mol. The maximum Gasteiger partial charge on any atom is 0.241 e. The number of carbonyl (C=O) groups excluding carboxylic acids is 1. The maximum absolute atomic E-state index is 12.5. The van der Waals surface area contributed by atoms with Crippen molar-refractivity contribution in [3.05, 3.63) is 28.8 Å². The van der Waals surface area contributed by atoms with Crippen LogP contribution < -0.4 is 5.32 Å². The molecule has 2 unspecified atom stereocenters. The highest BCUT2D eigenvalue weighted by atomic mass is 35.5. The van der Waals surface area contributed by atoms with Gasteiger partial charge in [0.2, 0.25) is 5.91 Å². The van der Waals surface area contributed by atoms with E-state index < -0.39 is 0 Å². The summed E-state index contributed by atoms with van der Waals surface area (Å²) >= 11 is 5.99. The lowest BCUT2D eigenvalue weighted by Crippen LogP contribution is -2.51. The van der Waals surface area contributed by atoms with Crippen molar-refractivity contribution >= 4 is 23.2 Å². The van der Waals surface area contributed by atoms with Crippen LogP contribution in [0.1, 0.15) is 32.3 Å². The second-order valence-electron chi connectivity index (χ2n) is 6.51. The zero-order chi connectivity index (χ0) is 17.0. The summed E-state index contributed by atoms with van der Waals surface area (Å²) in [4.78, 5) is 14.6. The van der Waals surface area contributed by atoms with E-state index in [4.69, 9.17) is 16.9 Å². The number of hydrogen-bond acceptors (Lipinski definition) is 4. The summed E-state index contributed by atoms with van der Waals surface area (Å²) in [7, 11) is 0. The van der Waals surface area contributed by atoms with E-state index in [0.717, 1.165) is 19.4 Å². The number of piperidine rings is 1. The highest BCUT2D eigenvalue weighted by Gasteiger charge is 2.34. The van der Waals surface area contributed by atoms with Gasteiger partial charge in [-0.2, -0.15) is 5.26 Å². The number of nitrogens with one attached hydrogen (secondary N) is 1. The van der Waals surface area contributed by atoms with Crippen LogP contribution in [-0.2, 0) is 4.79 Å². The van der Waals surface area contributed by atoms with Gasteiger partial charge < -0.3 is 10.4 Å². The van der Waals surface area contributed by atoms with E-state index in [1.807, 2.05) is 19.9 Å². The number of rotatable bonds is 4. The fourth-order valence-electron chi connectivity index (χ4n) is 2.91. The van der Waals surface area contributed by atoms with E-state index in [1.165, 1.54) is 0 Å². The molecule has 0 radical (unpaired) electrons. The Balaban J connectivity index is 2.03. The Morgan fingerprint density at radius 1 is 1.61 bits per heavy atom. The van der Waals surface area contributed by atoms with Gasteiger partial charge in [0.25, 0.3) is 0 Å². The Bertz CT molecular complexity index is 629. The minimum absolute atomic E-state index is 0.118. The molecule has 1 aliphatic rings. The Morgan fingerprint density at radius 3 is 2.96 bits per heavy atom. The Kier molecular flexibility index (Phi) is 5.64. The molecule has 1 aromatic rings. The first-order valence-electron chi connectivity index (χ1n) is 7.74. The quantitative estimate of drug-likeness (QED) is 0.886. The summed E-state index contributed by atoms with van der Waals surface area (Å²) in [5, 5.41) is 21.6. The first-order chi connectivity index (χ1) is 10.9. The standard InChI is InChI=1S/C17H22ClN3O2/c1-12(21-7-3-6-17(2,10-21)11-22)16(23)20-14-5-4-13(9-19)15(18)8-14/h4-5,8,12,22H,3,6-7,10-11H2,1-2H3,(H,20,23). The van der Waals surface area contributed by atoms with Crippen LogP contribution in [0.15, 0.2) is 18.2 Å². The van der Waals surface area contributed by atoms with Gasteiger partial charge in [-0.3, -0.25) is 9.69 Å². The van der Waals surface area contributed by atoms with Crippen molar-refractivity contribution in [1.29, 1.82) is 5.26 Å². The fraction of sp³-hybridized carbons (Fsp3) is 0.529. The molecule has 0 aliphatic carbocycles. The third-order valence-corrected chi connectivity index (χ3v) is 4.79. The van der Waals surface area contributed by atoms with Gasteiger partial charge in [-0.05, 0) is 44.5 Å². The molecular weight excluding hydrogens is 314 g/mol.